The summed E-state index contributed by atoms with van der Waals surface area (Å²) in [5.41, 5.74) is 2.73. The van der Waals surface area contributed by atoms with Gasteiger partial charge in [-0.1, -0.05) is 48.5 Å². The summed E-state index contributed by atoms with van der Waals surface area (Å²) < 4.78 is 5.46. The lowest BCUT2D eigenvalue weighted by molar-refractivity contribution is -0.121. The highest BCUT2D eigenvalue weighted by Gasteiger charge is 2.28. The van der Waals surface area contributed by atoms with Crippen molar-refractivity contribution in [2.75, 3.05) is 38.2 Å². The van der Waals surface area contributed by atoms with Crippen molar-refractivity contribution in [1.29, 1.82) is 0 Å². The van der Waals surface area contributed by atoms with Crippen molar-refractivity contribution in [3.63, 3.8) is 0 Å². The smallest absolute Gasteiger partial charge is 0.225 e. The van der Waals surface area contributed by atoms with Gasteiger partial charge in [0.05, 0.1) is 25.3 Å². The van der Waals surface area contributed by atoms with Gasteiger partial charge in [-0.15, -0.1) is 11.3 Å². The van der Waals surface area contributed by atoms with Gasteiger partial charge < -0.3 is 15.4 Å². The summed E-state index contributed by atoms with van der Waals surface area (Å²) in [6, 6.07) is 20.0. The molecule has 32 heavy (non-hydrogen) atoms. The molecule has 0 aliphatic carbocycles. The van der Waals surface area contributed by atoms with Gasteiger partial charge in [0.15, 0.2) is 5.13 Å². The van der Waals surface area contributed by atoms with Gasteiger partial charge in [0.2, 0.25) is 5.91 Å². The quantitative estimate of drug-likeness (QED) is 0.535. The van der Waals surface area contributed by atoms with Crippen LogP contribution in [0.2, 0.25) is 0 Å². The molecule has 3 aromatic rings. The Kier molecular flexibility index (Phi) is 7.19. The van der Waals surface area contributed by atoms with Crippen molar-refractivity contribution in [2.45, 2.75) is 25.8 Å². The molecule has 0 radical (unpaired) electrons. The van der Waals surface area contributed by atoms with E-state index in [-0.39, 0.29) is 11.4 Å². The van der Waals surface area contributed by atoms with E-state index in [4.69, 9.17) is 9.72 Å². The summed E-state index contributed by atoms with van der Waals surface area (Å²) in [7, 11) is 0. The number of amides is 1. The van der Waals surface area contributed by atoms with E-state index >= 15 is 0 Å². The Balaban J connectivity index is 1.47. The predicted molar refractivity (Wildman–Crippen MR) is 130 cm³/mol. The Morgan fingerprint density at radius 1 is 1.06 bits per heavy atom. The zero-order chi connectivity index (χ0) is 22.4. The highest BCUT2D eigenvalue weighted by molar-refractivity contribution is 7.16. The van der Waals surface area contributed by atoms with E-state index in [1.807, 2.05) is 60.7 Å². The number of hydrogen-bond donors (Lipinski definition) is 2. The first-order valence-electron chi connectivity index (χ1n) is 11.0. The minimum atomic E-state index is -0.116. The first-order valence-corrected chi connectivity index (χ1v) is 11.8. The summed E-state index contributed by atoms with van der Waals surface area (Å²) in [4.78, 5) is 21.0. The molecule has 0 bridgehead atoms. The molecule has 0 unspecified atom stereocenters. The summed E-state index contributed by atoms with van der Waals surface area (Å²) in [6.45, 7) is 8.21. The number of carbonyl (C=O) groups is 1. The lowest BCUT2D eigenvalue weighted by atomic mass is 10.0. The van der Waals surface area contributed by atoms with E-state index < -0.39 is 0 Å². The average Bonchev–Trinajstić information content (AvgIpc) is 3.21. The average molecular weight is 451 g/mol. The molecule has 1 amide bonds. The largest absolute Gasteiger partial charge is 0.379 e. The number of aromatic nitrogens is 1. The molecule has 0 atom stereocenters. The molecular weight excluding hydrogens is 420 g/mol. The van der Waals surface area contributed by atoms with Crippen LogP contribution in [0, 0.1) is 0 Å². The molecule has 4 rings (SSSR count). The molecule has 1 aliphatic heterocycles. The number of carbonyl (C=O) groups excluding carboxylic acids is 1. The molecule has 1 saturated heterocycles. The number of nitrogens with one attached hydrogen (secondary N) is 2. The van der Waals surface area contributed by atoms with E-state index in [1.54, 1.807) is 0 Å². The molecule has 1 aliphatic rings. The van der Waals surface area contributed by atoms with Crippen molar-refractivity contribution < 1.29 is 9.53 Å². The standard InChI is InChI=1S/C25H30N4O2S/c1-25(2,29-13-15-31-16-14-29)18-26-22(30)17-21-23(19-9-5-3-6-10-19)28-24(32-21)27-20-11-7-4-8-12-20/h3-12H,13-18H2,1-2H3,(H,26,30)(H,27,28). The fourth-order valence-electron chi connectivity index (χ4n) is 3.80. The van der Waals surface area contributed by atoms with E-state index in [2.05, 4.69) is 29.4 Å². The van der Waals surface area contributed by atoms with Crippen LogP contribution >= 0.6 is 11.3 Å². The third kappa shape index (κ3) is 5.73. The number of hydrogen-bond acceptors (Lipinski definition) is 6. The van der Waals surface area contributed by atoms with Crippen LogP contribution in [0.1, 0.15) is 18.7 Å². The number of para-hydroxylation sites is 1. The highest BCUT2D eigenvalue weighted by atomic mass is 32.1. The van der Waals surface area contributed by atoms with Crippen LogP contribution in [-0.4, -0.2) is 54.2 Å². The molecule has 6 nitrogen and oxygen atoms in total. The number of thiazole rings is 1. The van der Waals surface area contributed by atoms with Crippen molar-refractivity contribution in [3.8, 4) is 11.3 Å². The van der Waals surface area contributed by atoms with E-state index in [0.29, 0.717) is 13.0 Å². The zero-order valence-corrected chi connectivity index (χ0v) is 19.5. The van der Waals surface area contributed by atoms with E-state index in [9.17, 15) is 4.79 Å². The SMILES string of the molecule is CC(C)(CNC(=O)Cc1sc(Nc2ccccc2)nc1-c1ccccc1)N1CCOCC1. The predicted octanol–water partition coefficient (Wildman–Crippen LogP) is 4.32. The Morgan fingerprint density at radius 2 is 1.72 bits per heavy atom. The van der Waals surface area contributed by atoms with Gasteiger partial charge in [-0.25, -0.2) is 4.98 Å². The fraction of sp³-hybridized carbons (Fsp3) is 0.360. The van der Waals surface area contributed by atoms with Crippen LogP contribution in [0.3, 0.4) is 0 Å². The van der Waals surface area contributed by atoms with Crippen LogP contribution in [0.5, 0.6) is 0 Å². The maximum absolute atomic E-state index is 12.9. The number of anilines is 2. The number of morpholine rings is 1. The minimum absolute atomic E-state index is 0.0124. The van der Waals surface area contributed by atoms with Crippen LogP contribution in [-0.2, 0) is 16.0 Å². The van der Waals surface area contributed by atoms with Crippen molar-refractivity contribution in [3.05, 3.63) is 65.5 Å². The number of nitrogens with zero attached hydrogens (tertiary/aromatic N) is 2. The normalized spacial score (nSPS) is 14.8. The van der Waals surface area contributed by atoms with Crippen LogP contribution in [0.4, 0.5) is 10.8 Å². The maximum Gasteiger partial charge on any atom is 0.225 e. The second kappa shape index (κ2) is 10.3. The number of benzene rings is 2. The third-order valence-corrected chi connectivity index (χ3v) is 6.65. The van der Waals surface area contributed by atoms with Gasteiger partial charge in [-0.3, -0.25) is 9.69 Å². The number of ether oxygens (including phenoxy) is 1. The molecule has 0 spiro atoms. The van der Waals surface area contributed by atoms with Gasteiger partial charge >= 0.3 is 0 Å². The topological polar surface area (TPSA) is 66.5 Å². The fourth-order valence-corrected chi connectivity index (χ4v) is 4.80. The molecule has 2 N–H and O–H groups in total. The molecule has 1 aromatic heterocycles. The molecule has 1 fully saturated rings. The van der Waals surface area contributed by atoms with Crippen molar-refractivity contribution in [1.82, 2.24) is 15.2 Å². The monoisotopic (exact) mass is 450 g/mol. The lowest BCUT2D eigenvalue weighted by Gasteiger charge is -2.40. The third-order valence-electron chi connectivity index (χ3n) is 5.68. The Labute approximate surface area is 193 Å². The first kappa shape index (κ1) is 22.5. The van der Waals surface area contributed by atoms with Crippen molar-refractivity contribution >= 4 is 28.1 Å². The molecular formula is C25H30N4O2S. The molecule has 7 heteroatoms. The van der Waals surface area contributed by atoms with Gasteiger partial charge in [-0.05, 0) is 26.0 Å². The van der Waals surface area contributed by atoms with E-state index in [1.165, 1.54) is 11.3 Å². The Bertz CT molecular complexity index is 1010. The van der Waals surface area contributed by atoms with Gasteiger partial charge in [0, 0.05) is 41.3 Å². The molecule has 0 saturated carbocycles. The highest BCUT2D eigenvalue weighted by Crippen LogP contribution is 2.33. The lowest BCUT2D eigenvalue weighted by Crippen LogP contribution is -2.55. The molecule has 2 heterocycles. The summed E-state index contributed by atoms with van der Waals surface area (Å²) in [5.74, 6) is 0.0124. The Morgan fingerprint density at radius 3 is 2.41 bits per heavy atom. The Hall–Kier alpha value is -2.74. The maximum atomic E-state index is 12.9. The van der Waals surface area contributed by atoms with E-state index in [0.717, 1.165) is 53.3 Å². The van der Waals surface area contributed by atoms with Crippen molar-refractivity contribution in [2.24, 2.45) is 0 Å². The van der Waals surface area contributed by atoms with Gasteiger partial charge in [0.1, 0.15) is 0 Å². The molecule has 168 valence electrons. The summed E-state index contributed by atoms with van der Waals surface area (Å²) in [5, 5.41) is 7.29. The zero-order valence-electron chi connectivity index (χ0n) is 18.6. The second-order valence-corrected chi connectivity index (χ2v) is 9.60. The minimum Gasteiger partial charge on any atom is -0.379 e. The van der Waals surface area contributed by atoms with Gasteiger partial charge in [0.25, 0.3) is 0 Å². The van der Waals surface area contributed by atoms with Crippen LogP contribution in [0.15, 0.2) is 60.7 Å². The second-order valence-electron chi connectivity index (χ2n) is 8.51. The van der Waals surface area contributed by atoms with Crippen LogP contribution in [0.25, 0.3) is 11.3 Å². The summed E-state index contributed by atoms with van der Waals surface area (Å²) in [6.07, 6.45) is 0.303. The summed E-state index contributed by atoms with van der Waals surface area (Å²) >= 11 is 1.53. The van der Waals surface area contributed by atoms with Crippen LogP contribution < -0.4 is 10.6 Å². The van der Waals surface area contributed by atoms with Gasteiger partial charge in [-0.2, -0.15) is 0 Å². The first-order chi connectivity index (χ1) is 15.5. The molecule has 2 aromatic carbocycles. The number of rotatable bonds is 8.